The topological polar surface area (TPSA) is 49.4 Å². The maximum absolute atomic E-state index is 11.9. The SMILES string of the molecule is CC(Cl)C(=O)NC(=O)N(C)C1CCC(C)(C)CC1. The minimum atomic E-state index is -0.687. The van der Waals surface area contributed by atoms with Crippen LogP contribution in [-0.2, 0) is 4.79 Å². The first-order chi connectivity index (χ1) is 8.23. The van der Waals surface area contributed by atoms with Crippen LogP contribution in [0.2, 0.25) is 0 Å². The highest BCUT2D eigenvalue weighted by atomic mass is 35.5. The van der Waals surface area contributed by atoms with Gasteiger partial charge in [-0.1, -0.05) is 13.8 Å². The lowest BCUT2D eigenvalue weighted by atomic mass is 9.75. The number of nitrogens with zero attached hydrogens (tertiary/aromatic N) is 1. The number of urea groups is 1. The van der Waals surface area contributed by atoms with Gasteiger partial charge in [-0.25, -0.2) is 4.79 Å². The predicted molar refractivity (Wildman–Crippen MR) is 72.7 cm³/mol. The first-order valence-corrected chi connectivity index (χ1v) is 6.88. The van der Waals surface area contributed by atoms with E-state index in [0.29, 0.717) is 5.41 Å². The first kappa shape index (κ1) is 15.3. The highest BCUT2D eigenvalue weighted by Gasteiger charge is 2.31. The monoisotopic (exact) mass is 274 g/mol. The third-order valence-electron chi connectivity index (χ3n) is 3.77. The molecule has 1 fully saturated rings. The minimum Gasteiger partial charge on any atom is -0.325 e. The van der Waals surface area contributed by atoms with E-state index in [1.165, 1.54) is 0 Å². The fourth-order valence-electron chi connectivity index (χ4n) is 2.23. The number of carbonyl (C=O) groups is 2. The molecule has 104 valence electrons. The molecular weight excluding hydrogens is 252 g/mol. The standard InChI is InChI=1S/C13H23ClN2O2/c1-9(14)11(17)15-12(18)16(4)10-5-7-13(2,3)8-6-10/h9-10H,5-8H2,1-4H3,(H,15,17,18). The van der Waals surface area contributed by atoms with E-state index in [1.54, 1.807) is 18.9 Å². The molecule has 0 aromatic rings. The smallest absolute Gasteiger partial charge is 0.324 e. The summed E-state index contributed by atoms with van der Waals surface area (Å²) in [6, 6.07) is -0.131. The van der Waals surface area contributed by atoms with Crippen LogP contribution in [0, 0.1) is 5.41 Å². The molecule has 18 heavy (non-hydrogen) atoms. The molecule has 0 aromatic heterocycles. The van der Waals surface area contributed by atoms with Crippen LogP contribution in [0.5, 0.6) is 0 Å². The Balaban J connectivity index is 2.47. The number of carbonyl (C=O) groups excluding carboxylic acids is 2. The van der Waals surface area contributed by atoms with Crippen LogP contribution in [0.4, 0.5) is 4.79 Å². The van der Waals surface area contributed by atoms with Crippen molar-refractivity contribution in [1.29, 1.82) is 0 Å². The molecule has 1 rings (SSSR count). The van der Waals surface area contributed by atoms with Crippen LogP contribution in [0.25, 0.3) is 0 Å². The Labute approximate surface area is 114 Å². The van der Waals surface area contributed by atoms with E-state index in [0.717, 1.165) is 25.7 Å². The number of halogens is 1. The first-order valence-electron chi connectivity index (χ1n) is 6.45. The van der Waals surface area contributed by atoms with Gasteiger partial charge in [0.05, 0.1) is 0 Å². The maximum atomic E-state index is 11.9. The zero-order chi connectivity index (χ0) is 13.9. The molecule has 1 aliphatic rings. The van der Waals surface area contributed by atoms with Crippen molar-refractivity contribution in [2.45, 2.75) is 57.9 Å². The molecule has 3 amide bonds. The van der Waals surface area contributed by atoms with Crippen molar-refractivity contribution in [2.24, 2.45) is 5.41 Å². The number of imide groups is 1. The van der Waals surface area contributed by atoms with Crippen LogP contribution >= 0.6 is 11.6 Å². The Hall–Kier alpha value is -0.770. The molecule has 0 bridgehead atoms. The molecule has 0 spiro atoms. The molecule has 0 heterocycles. The molecule has 1 N–H and O–H groups in total. The average molecular weight is 275 g/mol. The van der Waals surface area contributed by atoms with Gasteiger partial charge in [0.1, 0.15) is 5.38 Å². The molecule has 4 nitrogen and oxygen atoms in total. The molecule has 0 radical (unpaired) electrons. The second kappa shape index (κ2) is 5.91. The Kier molecular flexibility index (Phi) is 5.02. The van der Waals surface area contributed by atoms with Gasteiger partial charge in [-0.3, -0.25) is 10.1 Å². The van der Waals surface area contributed by atoms with Crippen molar-refractivity contribution in [3.8, 4) is 0 Å². The minimum absolute atomic E-state index is 0.219. The molecule has 0 aromatic carbocycles. The summed E-state index contributed by atoms with van der Waals surface area (Å²) < 4.78 is 0. The Morgan fingerprint density at radius 1 is 1.33 bits per heavy atom. The Morgan fingerprint density at radius 3 is 2.28 bits per heavy atom. The summed E-state index contributed by atoms with van der Waals surface area (Å²) in [5, 5.41) is 1.63. The van der Waals surface area contributed by atoms with Gasteiger partial charge in [0.2, 0.25) is 5.91 Å². The van der Waals surface area contributed by atoms with Gasteiger partial charge in [-0.05, 0) is 38.0 Å². The van der Waals surface area contributed by atoms with E-state index in [2.05, 4.69) is 19.2 Å². The molecule has 5 heteroatoms. The third-order valence-corrected chi connectivity index (χ3v) is 3.97. The Bertz CT molecular complexity index is 319. The van der Waals surface area contributed by atoms with E-state index in [-0.39, 0.29) is 12.1 Å². The summed E-state index contributed by atoms with van der Waals surface area (Å²) >= 11 is 5.62. The zero-order valence-electron chi connectivity index (χ0n) is 11.6. The molecule has 1 aliphatic carbocycles. The fourth-order valence-corrected chi connectivity index (χ4v) is 2.28. The highest BCUT2D eigenvalue weighted by Crippen LogP contribution is 2.36. The normalized spacial score (nSPS) is 21.2. The van der Waals surface area contributed by atoms with Crippen LogP contribution < -0.4 is 5.32 Å². The van der Waals surface area contributed by atoms with Crippen LogP contribution in [0.3, 0.4) is 0 Å². The number of amides is 3. The van der Waals surface area contributed by atoms with Gasteiger partial charge in [-0.15, -0.1) is 11.6 Å². The molecular formula is C13H23ClN2O2. The average Bonchev–Trinajstić information content (AvgIpc) is 2.27. The number of alkyl halides is 1. The number of rotatable bonds is 2. The van der Waals surface area contributed by atoms with E-state index in [9.17, 15) is 9.59 Å². The largest absolute Gasteiger partial charge is 0.325 e. The number of hydrogen-bond donors (Lipinski definition) is 1. The zero-order valence-corrected chi connectivity index (χ0v) is 12.4. The van der Waals surface area contributed by atoms with Gasteiger partial charge in [0.15, 0.2) is 0 Å². The molecule has 1 unspecified atom stereocenters. The summed E-state index contributed by atoms with van der Waals surface area (Å²) in [4.78, 5) is 24.8. The van der Waals surface area contributed by atoms with Gasteiger partial charge >= 0.3 is 6.03 Å². The third kappa shape index (κ3) is 4.16. The number of hydrogen-bond acceptors (Lipinski definition) is 2. The summed E-state index contributed by atoms with van der Waals surface area (Å²) in [6.45, 7) is 6.05. The lowest BCUT2D eigenvalue weighted by molar-refractivity contribution is -0.119. The predicted octanol–water partition coefficient (Wildman–Crippen LogP) is 2.75. The summed E-state index contributed by atoms with van der Waals surface area (Å²) in [7, 11) is 1.74. The number of nitrogens with one attached hydrogen (secondary N) is 1. The van der Waals surface area contributed by atoms with E-state index >= 15 is 0 Å². The van der Waals surface area contributed by atoms with Crippen molar-refractivity contribution in [1.82, 2.24) is 10.2 Å². The van der Waals surface area contributed by atoms with Crippen LogP contribution in [0.1, 0.15) is 46.5 Å². The van der Waals surface area contributed by atoms with Crippen LogP contribution in [0.15, 0.2) is 0 Å². The molecule has 1 atom stereocenters. The van der Waals surface area contributed by atoms with Gasteiger partial charge in [0.25, 0.3) is 0 Å². The Morgan fingerprint density at radius 2 is 1.83 bits per heavy atom. The van der Waals surface area contributed by atoms with Crippen molar-refractivity contribution >= 4 is 23.5 Å². The van der Waals surface area contributed by atoms with Crippen molar-refractivity contribution in [3.63, 3.8) is 0 Å². The highest BCUT2D eigenvalue weighted by molar-refractivity contribution is 6.31. The second-order valence-electron chi connectivity index (χ2n) is 5.92. The molecule has 0 saturated heterocycles. The molecule has 1 saturated carbocycles. The summed E-state index contributed by atoms with van der Waals surface area (Å²) in [5.41, 5.74) is 0.369. The summed E-state index contributed by atoms with van der Waals surface area (Å²) in [6.07, 6.45) is 4.19. The van der Waals surface area contributed by atoms with E-state index < -0.39 is 11.3 Å². The van der Waals surface area contributed by atoms with Crippen molar-refractivity contribution in [3.05, 3.63) is 0 Å². The van der Waals surface area contributed by atoms with E-state index in [4.69, 9.17) is 11.6 Å². The lowest BCUT2D eigenvalue weighted by Crippen LogP contribution is -2.48. The summed E-state index contributed by atoms with van der Waals surface area (Å²) in [5.74, 6) is -0.440. The quantitative estimate of drug-likeness (QED) is 0.787. The molecule has 0 aliphatic heterocycles. The van der Waals surface area contributed by atoms with E-state index in [1.807, 2.05) is 0 Å². The van der Waals surface area contributed by atoms with Crippen LogP contribution in [-0.4, -0.2) is 35.3 Å². The maximum Gasteiger partial charge on any atom is 0.324 e. The van der Waals surface area contributed by atoms with Crippen molar-refractivity contribution in [2.75, 3.05) is 7.05 Å². The van der Waals surface area contributed by atoms with Gasteiger partial charge < -0.3 is 4.90 Å². The van der Waals surface area contributed by atoms with Crippen molar-refractivity contribution < 1.29 is 9.59 Å². The van der Waals surface area contributed by atoms with Gasteiger partial charge in [0, 0.05) is 13.1 Å². The fraction of sp³-hybridized carbons (Fsp3) is 0.846. The second-order valence-corrected chi connectivity index (χ2v) is 6.57. The lowest BCUT2D eigenvalue weighted by Gasteiger charge is -2.38. The van der Waals surface area contributed by atoms with Gasteiger partial charge in [-0.2, -0.15) is 0 Å².